The Labute approximate surface area is 199 Å². The lowest BCUT2D eigenvalue weighted by atomic mass is 10.2. The molecule has 0 radical (unpaired) electrons. The molecule has 0 unspecified atom stereocenters. The zero-order chi connectivity index (χ0) is 24.1. The average molecular weight is 477 g/mol. The number of aromatic nitrogens is 2. The molecule has 1 fully saturated rings. The Balaban J connectivity index is 1.97. The van der Waals surface area contributed by atoms with Gasteiger partial charge in [0, 0.05) is 38.2 Å². The lowest BCUT2D eigenvalue weighted by Crippen LogP contribution is -2.39. The minimum absolute atomic E-state index is 0.181. The normalized spacial score (nSPS) is 14.4. The van der Waals surface area contributed by atoms with Gasteiger partial charge in [-0.1, -0.05) is 5.10 Å². The summed E-state index contributed by atoms with van der Waals surface area (Å²) in [6.07, 6.45) is 0. The number of anilines is 3. The van der Waals surface area contributed by atoms with Gasteiger partial charge in [0.15, 0.2) is 0 Å². The number of morpholine rings is 1. The van der Waals surface area contributed by atoms with Gasteiger partial charge in [0.25, 0.3) is 0 Å². The molecule has 0 saturated carbocycles. The number of carbonyl (C=O) groups is 1. The molecule has 0 aliphatic carbocycles. The molecule has 0 bridgehead atoms. The number of benzene rings is 1. The Morgan fingerprint density at radius 1 is 1.24 bits per heavy atom. The van der Waals surface area contributed by atoms with Gasteiger partial charge in [-0.3, -0.25) is 4.79 Å². The fourth-order valence-electron chi connectivity index (χ4n) is 3.81. The molecule has 0 atom stereocenters. The number of hydrogen-bond donors (Lipinski definition) is 1. The first-order chi connectivity index (χ1) is 15.7. The van der Waals surface area contributed by atoms with Crippen LogP contribution in [0.2, 0.25) is 0 Å². The van der Waals surface area contributed by atoms with Gasteiger partial charge in [0.05, 0.1) is 36.8 Å². The van der Waals surface area contributed by atoms with Gasteiger partial charge in [-0.15, -0.1) is 4.68 Å². The molecule has 1 aromatic carbocycles. The van der Waals surface area contributed by atoms with E-state index < -0.39 is 0 Å². The van der Waals surface area contributed by atoms with Gasteiger partial charge in [0.1, 0.15) is 18.5 Å². The van der Waals surface area contributed by atoms with Gasteiger partial charge in [-0.2, -0.15) is 0 Å². The van der Waals surface area contributed by atoms with E-state index in [9.17, 15) is 4.79 Å². The smallest absolute Gasteiger partial charge is 0.431 e. The molecule has 0 spiro atoms. The number of nitrogens with one attached hydrogen (secondary N) is 1. The maximum atomic E-state index is 11.9. The van der Waals surface area contributed by atoms with E-state index in [2.05, 4.69) is 58.1 Å². The Bertz CT molecular complexity index is 992. The fourth-order valence-corrected chi connectivity index (χ4v) is 4.92. The number of amides is 1. The van der Waals surface area contributed by atoms with E-state index in [4.69, 9.17) is 9.47 Å². The first-order valence-corrected chi connectivity index (χ1v) is 11.9. The Hall–Kier alpha value is -2.79. The maximum absolute atomic E-state index is 11.9. The number of methoxy groups -OCH3 is 1. The van der Waals surface area contributed by atoms with Crippen molar-refractivity contribution in [3.05, 3.63) is 12.1 Å². The van der Waals surface area contributed by atoms with Gasteiger partial charge in [-0.05, 0) is 50.2 Å². The van der Waals surface area contributed by atoms with Crippen molar-refractivity contribution in [2.45, 2.75) is 46.7 Å². The molecule has 33 heavy (non-hydrogen) atoms. The van der Waals surface area contributed by atoms with Crippen molar-refractivity contribution in [2.75, 3.05) is 48.5 Å². The van der Waals surface area contributed by atoms with Crippen molar-refractivity contribution in [3.63, 3.8) is 0 Å². The monoisotopic (exact) mass is 476 g/mol. The summed E-state index contributed by atoms with van der Waals surface area (Å²) in [4.78, 5) is 16.3. The number of nitrogens with zero attached hydrogens (tertiary/aromatic N) is 6. The number of ether oxygens (including phenoxy) is 2. The number of azo groups is 1. The van der Waals surface area contributed by atoms with Crippen LogP contribution in [0.15, 0.2) is 22.4 Å². The Morgan fingerprint density at radius 2 is 1.91 bits per heavy atom. The largest absolute Gasteiger partial charge is 0.494 e. The number of rotatable bonds is 8. The van der Waals surface area contributed by atoms with E-state index in [0.29, 0.717) is 47.6 Å². The predicted molar refractivity (Wildman–Crippen MR) is 131 cm³/mol. The summed E-state index contributed by atoms with van der Waals surface area (Å²) in [6.45, 7) is 12.8. The molecule has 10 nitrogen and oxygen atoms in total. The molecule has 11 heteroatoms. The molecular weight excluding hydrogens is 442 g/mol. The minimum Gasteiger partial charge on any atom is -0.494 e. The van der Waals surface area contributed by atoms with Crippen LogP contribution in [0.25, 0.3) is 0 Å². The summed E-state index contributed by atoms with van der Waals surface area (Å²) in [5.41, 5.74) is 1.98. The predicted octanol–water partition coefficient (Wildman–Crippen LogP) is 3.81. The third-order valence-corrected chi connectivity index (χ3v) is 6.23. The zero-order valence-electron chi connectivity index (χ0n) is 20.5. The average Bonchev–Trinajstić information content (AvgIpc) is 3.11. The van der Waals surface area contributed by atoms with Crippen LogP contribution in [0.4, 0.5) is 27.3 Å². The maximum Gasteiger partial charge on any atom is 0.431 e. The van der Waals surface area contributed by atoms with Crippen LogP contribution in [0, 0.1) is 0 Å². The number of hydrogen-bond acceptors (Lipinski definition) is 9. The van der Waals surface area contributed by atoms with Crippen LogP contribution >= 0.6 is 11.3 Å². The molecule has 1 amide bonds. The highest BCUT2D eigenvalue weighted by atomic mass is 32.1. The zero-order valence-corrected chi connectivity index (χ0v) is 21.3. The summed E-state index contributed by atoms with van der Waals surface area (Å²) in [6, 6.07) is 4.31. The van der Waals surface area contributed by atoms with Crippen LogP contribution in [0.1, 0.15) is 34.6 Å². The highest BCUT2D eigenvalue weighted by molar-refractivity contribution is 7.18. The van der Waals surface area contributed by atoms with E-state index >= 15 is 0 Å². The van der Waals surface area contributed by atoms with Crippen LogP contribution < -0.4 is 24.5 Å². The molecule has 1 aliphatic rings. The van der Waals surface area contributed by atoms with Gasteiger partial charge < -0.3 is 24.6 Å². The number of carbonyl (C=O) groups excluding carboxylic acids is 1. The van der Waals surface area contributed by atoms with E-state index in [0.717, 1.165) is 23.9 Å². The molecule has 2 heterocycles. The van der Waals surface area contributed by atoms with Crippen molar-refractivity contribution < 1.29 is 19.0 Å². The van der Waals surface area contributed by atoms with Crippen LogP contribution in [-0.4, -0.2) is 56.5 Å². The molecule has 3 rings (SSSR count). The lowest BCUT2D eigenvalue weighted by molar-refractivity contribution is -0.712. The lowest BCUT2D eigenvalue weighted by Gasteiger charge is -2.30. The summed E-state index contributed by atoms with van der Waals surface area (Å²) in [7, 11) is 3.48. The highest BCUT2D eigenvalue weighted by Gasteiger charge is 2.25. The molecule has 2 aromatic rings. The van der Waals surface area contributed by atoms with Crippen molar-refractivity contribution in [3.8, 4) is 5.75 Å². The molecular formula is C22H34N7O3S+. The van der Waals surface area contributed by atoms with Crippen molar-refractivity contribution in [2.24, 2.45) is 17.3 Å². The fraction of sp³-hybridized carbons (Fsp3) is 0.591. The summed E-state index contributed by atoms with van der Waals surface area (Å²) in [5, 5.41) is 18.0. The summed E-state index contributed by atoms with van der Waals surface area (Å²) < 4.78 is 12.8. The van der Waals surface area contributed by atoms with Crippen molar-refractivity contribution in [1.82, 2.24) is 5.10 Å². The quantitative estimate of drug-likeness (QED) is 0.460. The summed E-state index contributed by atoms with van der Waals surface area (Å²) >= 11 is 1.48. The van der Waals surface area contributed by atoms with Crippen LogP contribution in [-0.2, 0) is 16.6 Å². The minimum atomic E-state index is -0.181. The standard InChI is InChI=1S/C22H33N7O3S/c1-14(2)29(15(3)4)22-26-27(6)21(33-22)25-24-18-13-20(31-7)19(12-17(18)23-16(5)30)28-8-10-32-11-9-28/h12-15H,8-11H2,1-7H3/p+1. The second-order valence-corrected chi connectivity index (χ2v) is 9.34. The second kappa shape index (κ2) is 10.9. The van der Waals surface area contributed by atoms with E-state index in [1.165, 1.54) is 18.3 Å². The van der Waals surface area contributed by atoms with Gasteiger partial charge >= 0.3 is 5.13 Å². The highest BCUT2D eigenvalue weighted by Crippen LogP contribution is 2.40. The van der Waals surface area contributed by atoms with Crippen molar-refractivity contribution in [1.29, 1.82) is 0 Å². The SMILES string of the molecule is COc1cc(N=Nc2sc(N(C(C)C)C(C)C)n[n+]2C)c(NC(C)=O)cc1N1CCOCC1. The molecule has 1 aromatic heterocycles. The third kappa shape index (κ3) is 5.97. The van der Waals surface area contributed by atoms with E-state index in [1.54, 1.807) is 17.9 Å². The number of aryl methyl sites for hydroxylation is 1. The van der Waals surface area contributed by atoms with Gasteiger partial charge in [0.2, 0.25) is 11.0 Å². The molecule has 1 aliphatic heterocycles. The summed E-state index contributed by atoms with van der Waals surface area (Å²) in [5.74, 6) is 0.486. The molecule has 1 N–H and O–H groups in total. The first-order valence-electron chi connectivity index (χ1n) is 11.1. The first kappa shape index (κ1) is 24.8. The topological polar surface area (TPSA) is 95.5 Å². The van der Waals surface area contributed by atoms with Crippen LogP contribution in [0.5, 0.6) is 5.75 Å². The van der Waals surface area contributed by atoms with Crippen molar-refractivity contribution >= 4 is 44.6 Å². The molecule has 180 valence electrons. The molecule has 1 saturated heterocycles. The van der Waals surface area contributed by atoms with Gasteiger partial charge in [-0.25, -0.2) is 0 Å². The Kier molecular flexibility index (Phi) is 8.20. The van der Waals surface area contributed by atoms with Crippen LogP contribution in [0.3, 0.4) is 0 Å². The van der Waals surface area contributed by atoms with E-state index in [1.807, 2.05) is 13.1 Å². The Morgan fingerprint density at radius 3 is 2.48 bits per heavy atom. The third-order valence-electron chi connectivity index (χ3n) is 5.23. The second-order valence-electron chi connectivity index (χ2n) is 8.41. The van der Waals surface area contributed by atoms with E-state index in [-0.39, 0.29) is 5.91 Å².